The summed E-state index contributed by atoms with van der Waals surface area (Å²) in [5.41, 5.74) is 7.01. The third-order valence-corrected chi connectivity index (χ3v) is 5.59. The molecule has 0 saturated heterocycles. The molecule has 0 fully saturated rings. The molecule has 1 amide bonds. The van der Waals surface area contributed by atoms with Gasteiger partial charge in [-0.2, -0.15) is 5.26 Å². The smallest absolute Gasteiger partial charge is 0.255 e. The van der Waals surface area contributed by atoms with E-state index in [0.717, 1.165) is 39.2 Å². The number of allylic oxidation sites excluding steroid dienone is 2. The van der Waals surface area contributed by atoms with Crippen LogP contribution in [0.1, 0.15) is 28.4 Å². The third-order valence-electron chi connectivity index (χ3n) is 5.59. The summed E-state index contributed by atoms with van der Waals surface area (Å²) < 4.78 is 0. The van der Waals surface area contributed by atoms with Crippen molar-refractivity contribution in [3.63, 3.8) is 0 Å². The van der Waals surface area contributed by atoms with E-state index in [1.165, 1.54) is 0 Å². The van der Waals surface area contributed by atoms with Gasteiger partial charge in [-0.15, -0.1) is 0 Å². The minimum Gasteiger partial charge on any atom is -0.359 e. The van der Waals surface area contributed by atoms with Gasteiger partial charge in [0.25, 0.3) is 5.91 Å². The van der Waals surface area contributed by atoms with Gasteiger partial charge in [-0.3, -0.25) is 9.78 Å². The summed E-state index contributed by atoms with van der Waals surface area (Å²) in [6.45, 7) is 3.88. The molecule has 3 N–H and O–H groups in total. The molecule has 7 heteroatoms. The zero-order valence-electron chi connectivity index (χ0n) is 20.4. The SMILES string of the molecule is C#C/N=C\C=C(/C)Nc1ccc(NC(=O)c2ccc(Nc3ccnc4ccc(C#N)cc34)cc2)cc1C. The molecule has 7 nitrogen and oxygen atoms in total. The van der Waals surface area contributed by atoms with E-state index in [4.69, 9.17) is 6.42 Å². The highest BCUT2D eigenvalue weighted by molar-refractivity contribution is 6.04. The fourth-order valence-corrected chi connectivity index (χ4v) is 3.72. The minimum atomic E-state index is -0.207. The summed E-state index contributed by atoms with van der Waals surface area (Å²) in [7, 11) is 0. The Morgan fingerprint density at radius 3 is 2.51 bits per heavy atom. The van der Waals surface area contributed by atoms with E-state index in [-0.39, 0.29) is 5.91 Å². The molecule has 0 atom stereocenters. The Hall–Kier alpha value is -5.40. The predicted octanol–water partition coefficient (Wildman–Crippen LogP) is 6.39. The molecule has 0 aliphatic carbocycles. The van der Waals surface area contributed by atoms with Gasteiger partial charge >= 0.3 is 0 Å². The molecule has 37 heavy (non-hydrogen) atoms. The number of amides is 1. The van der Waals surface area contributed by atoms with Crippen molar-refractivity contribution < 1.29 is 4.79 Å². The van der Waals surface area contributed by atoms with Gasteiger partial charge in [0.15, 0.2) is 0 Å². The van der Waals surface area contributed by atoms with Gasteiger partial charge in [-0.25, -0.2) is 4.99 Å². The monoisotopic (exact) mass is 484 g/mol. The molecule has 1 heterocycles. The lowest BCUT2D eigenvalue weighted by molar-refractivity contribution is 0.102. The van der Waals surface area contributed by atoms with Gasteiger partial charge in [0, 0.05) is 57.9 Å². The summed E-state index contributed by atoms with van der Waals surface area (Å²) >= 11 is 0. The van der Waals surface area contributed by atoms with Crippen molar-refractivity contribution in [3.8, 4) is 18.5 Å². The number of hydrogen-bond donors (Lipinski definition) is 3. The number of anilines is 4. The first-order valence-electron chi connectivity index (χ1n) is 11.5. The van der Waals surface area contributed by atoms with Gasteiger partial charge < -0.3 is 16.0 Å². The maximum Gasteiger partial charge on any atom is 0.255 e. The Morgan fingerprint density at radius 2 is 1.78 bits per heavy atom. The Balaban J connectivity index is 1.43. The number of aromatic nitrogens is 1. The number of carbonyl (C=O) groups is 1. The molecule has 0 radical (unpaired) electrons. The number of rotatable bonds is 7. The quantitative estimate of drug-likeness (QED) is 0.208. The van der Waals surface area contributed by atoms with Crippen molar-refractivity contribution in [2.75, 3.05) is 16.0 Å². The van der Waals surface area contributed by atoms with E-state index in [1.54, 1.807) is 42.8 Å². The van der Waals surface area contributed by atoms with E-state index >= 15 is 0 Å². The number of terminal acetylenes is 1. The summed E-state index contributed by atoms with van der Waals surface area (Å²) in [4.78, 5) is 20.9. The number of pyridine rings is 1. The van der Waals surface area contributed by atoms with Crippen molar-refractivity contribution in [2.24, 2.45) is 4.99 Å². The lowest BCUT2D eigenvalue weighted by Crippen LogP contribution is -2.12. The van der Waals surface area contributed by atoms with Crippen molar-refractivity contribution in [1.82, 2.24) is 4.98 Å². The van der Waals surface area contributed by atoms with Crippen LogP contribution in [-0.2, 0) is 0 Å². The predicted molar refractivity (Wildman–Crippen MR) is 150 cm³/mol. The molecular formula is C30H24N6O. The topological polar surface area (TPSA) is 102 Å². The lowest BCUT2D eigenvalue weighted by atomic mass is 10.1. The molecule has 0 aliphatic heterocycles. The van der Waals surface area contributed by atoms with Crippen LogP contribution in [0.3, 0.4) is 0 Å². The van der Waals surface area contributed by atoms with Crippen LogP contribution in [0.4, 0.5) is 22.7 Å². The summed E-state index contributed by atoms with van der Waals surface area (Å²) in [6.07, 6.45) is 10.2. The number of aryl methyl sites for hydroxylation is 1. The largest absolute Gasteiger partial charge is 0.359 e. The molecule has 180 valence electrons. The fraction of sp³-hybridized carbons (Fsp3) is 0.0667. The Bertz CT molecular complexity index is 1600. The first-order valence-corrected chi connectivity index (χ1v) is 11.5. The highest BCUT2D eigenvalue weighted by atomic mass is 16.1. The van der Waals surface area contributed by atoms with Gasteiger partial charge in [0.2, 0.25) is 0 Å². The second-order valence-electron chi connectivity index (χ2n) is 8.27. The van der Waals surface area contributed by atoms with Crippen LogP contribution < -0.4 is 16.0 Å². The van der Waals surface area contributed by atoms with Crippen LogP contribution >= 0.6 is 0 Å². The second-order valence-corrected chi connectivity index (χ2v) is 8.27. The Kier molecular flexibility index (Phi) is 7.58. The lowest BCUT2D eigenvalue weighted by Gasteiger charge is -2.13. The van der Waals surface area contributed by atoms with E-state index < -0.39 is 0 Å². The first-order chi connectivity index (χ1) is 18.0. The molecule has 3 aromatic carbocycles. The van der Waals surface area contributed by atoms with E-state index in [0.29, 0.717) is 16.8 Å². The molecule has 0 bridgehead atoms. The Labute approximate surface area is 215 Å². The average Bonchev–Trinajstić information content (AvgIpc) is 2.90. The van der Waals surface area contributed by atoms with Gasteiger partial charge in [0.1, 0.15) is 0 Å². The molecule has 0 aliphatic rings. The second kappa shape index (κ2) is 11.4. The van der Waals surface area contributed by atoms with Crippen LogP contribution in [0.2, 0.25) is 0 Å². The summed E-state index contributed by atoms with van der Waals surface area (Å²) in [5.74, 6) is -0.207. The summed E-state index contributed by atoms with van der Waals surface area (Å²) in [6, 6.07) is 24.4. The van der Waals surface area contributed by atoms with Crippen molar-refractivity contribution in [1.29, 1.82) is 5.26 Å². The van der Waals surface area contributed by atoms with Crippen LogP contribution in [0.5, 0.6) is 0 Å². The number of aliphatic imine (C=N–C) groups is 1. The van der Waals surface area contributed by atoms with E-state index in [1.807, 2.05) is 56.3 Å². The molecule has 4 rings (SSSR count). The van der Waals surface area contributed by atoms with E-state index in [2.05, 4.69) is 38.0 Å². The first kappa shape index (κ1) is 24.7. The number of benzene rings is 3. The molecule has 0 spiro atoms. The number of fused-ring (bicyclic) bond motifs is 1. The molecule has 4 aromatic rings. The Morgan fingerprint density at radius 1 is 1.00 bits per heavy atom. The van der Waals surface area contributed by atoms with Crippen LogP contribution in [0, 0.1) is 30.7 Å². The highest BCUT2D eigenvalue weighted by Crippen LogP contribution is 2.26. The zero-order valence-corrected chi connectivity index (χ0v) is 20.4. The molecule has 0 unspecified atom stereocenters. The van der Waals surface area contributed by atoms with Crippen molar-refractivity contribution >= 4 is 45.8 Å². The van der Waals surface area contributed by atoms with Gasteiger partial charge in [-0.1, -0.05) is 6.42 Å². The van der Waals surface area contributed by atoms with Gasteiger partial charge in [0.05, 0.1) is 17.1 Å². The minimum absolute atomic E-state index is 0.207. The summed E-state index contributed by atoms with van der Waals surface area (Å²) in [5, 5.41) is 19.7. The number of nitriles is 1. The standard InChI is InChI=1S/C30H24N6O/c1-4-32-15-13-21(3)34-27-12-10-25(17-20(27)2)36-30(37)23-6-8-24(9-7-23)35-29-14-16-33-28-11-5-22(19-31)18-26(28)29/h1,5-18,34H,2-3H3,(H,33,35)(H,36,37)/b21-13+,32-15-. The van der Waals surface area contributed by atoms with Crippen molar-refractivity contribution in [2.45, 2.75) is 13.8 Å². The zero-order chi connectivity index (χ0) is 26.2. The van der Waals surface area contributed by atoms with Crippen LogP contribution in [0.15, 0.2) is 89.7 Å². The normalized spacial score (nSPS) is 11.1. The van der Waals surface area contributed by atoms with Crippen LogP contribution in [0.25, 0.3) is 10.9 Å². The van der Waals surface area contributed by atoms with E-state index in [9.17, 15) is 10.1 Å². The fourth-order valence-electron chi connectivity index (χ4n) is 3.72. The third kappa shape index (κ3) is 6.19. The number of carbonyl (C=O) groups excluding carboxylic acids is 1. The maximum absolute atomic E-state index is 12.8. The molecule has 1 aromatic heterocycles. The highest BCUT2D eigenvalue weighted by Gasteiger charge is 2.09. The number of hydrogen-bond acceptors (Lipinski definition) is 6. The van der Waals surface area contributed by atoms with Gasteiger partial charge in [-0.05, 0) is 92.2 Å². The average molecular weight is 485 g/mol. The molecular weight excluding hydrogens is 460 g/mol. The number of nitrogens with one attached hydrogen (secondary N) is 3. The molecule has 0 saturated carbocycles. The van der Waals surface area contributed by atoms with Crippen LogP contribution in [-0.4, -0.2) is 17.1 Å². The number of nitrogens with zero attached hydrogens (tertiary/aromatic N) is 3. The van der Waals surface area contributed by atoms with Crippen molar-refractivity contribution in [3.05, 3.63) is 101 Å². The maximum atomic E-state index is 12.8.